The number of hydrogen-bond donors (Lipinski definition) is 3. The van der Waals surface area contributed by atoms with Crippen LogP contribution in [0.2, 0.25) is 0 Å². The van der Waals surface area contributed by atoms with Crippen LogP contribution >= 0.6 is 0 Å². The van der Waals surface area contributed by atoms with E-state index < -0.39 is 0 Å². The van der Waals surface area contributed by atoms with Gasteiger partial charge in [0.05, 0.1) is 24.2 Å². The van der Waals surface area contributed by atoms with E-state index in [0.29, 0.717) is 19.8 Å². The highest BCUT2D eigenvalue weighted by molar-refractivity contribution is 5.78. The van der Waals surface area contributed by atoms with Crippen LogP contribution in [0.3, 0.4) is 0 Å². The number of hydrogen-bond acceptors (Lipinski definition) is 4. The number of fused-ring (bicyclic) bond motifs is 1. The summed E-state index contributed by atoms with van der Waals surface area (Å²) in [6, 6.07) is 11.7. The van der Waals surface area contributed by atoms with E-state index in [-0.39, 0.29) is 5.69 Å². The zero-order valence-corrected chi connectivity index (χ0v) is 14.5. The first kappa shape index (κ1) is 17.0. The Morgan fingerprint density at radius 2 is 1.80 bits per heavy atom. The summed E-state index contributed by atoms with van der Waals surface area (Å²) in [6.45, 7) is 5.95. The molecule has 0 aliphatic rings. The molecule has 0 atom stereocenters. The third-order valence-corrected chi connectivity index (χ3v) is 3.78. The topological polar surface area (TPSA) is 79.1 Å². The number of nitrogens with one attached hydrogen (secondary N) is 3. The molecule has 0 aliphatic heterocycles. The summed E-state index contributed by atoms with van der Waals surface area (Å²) in [6.07, 6.45) is 0.957. The number of anilines is 1. The van der Waals surface area contributed by atoms with Crippen molar-refractivity contribution in [2.45, 2.75) is 26.8 Å². The lowest BCUT2D eigenvalue weighted by Crippen LogP contribution is -2.03. The molecule has 0 spiro atoms. The second kappa shape index (κ2) is 7.79. The van der Waals surface area contributed by atoms with Gasteiger partial charge in [-0.15, -0.1) is 0 Å². The third kappa shape index (κ3) is 4.15. The molecular formula is C19H23N3O3. The molecule has 2 aromatic carbocycles. The summed E-state index contributed by atoms with van der Waals surface area (Å²) in [5.41, 5.74) is 3.41. The van der Waals surface area contributed by atoms with Gasteiger partial charge in [0.15, 0.2) is 11.5 Å². The summed E-state index contributed by atoms with van der Waals surface area (Å²) in [5.74, 6) is 1.54. The van der Waals surface area contributed by atoms with E-state index in [1.807, 2.05) is 43.3 Å². The second-order valence-corrected chi connectivity index (χ2v) is 5.76. The van der Waals surface area contributed by atoms with Crippen molar-refractivity contribution in [2.75, 3.05) is 18.5 Å². The van der Waals surface area contributed by atoms with Gasteiger partial charge in [-0.05, 0) is 49.2 Å². The molecule has 6 nitrogen and oxygen atoms in total. The van der Waals surface area contributed by atoms with Crippen LogP contribution in [0.15, 0.2) is 41.2 Å². The average molecular weight is 341 g/mol. The van der Waals surface area contributed by atoms with Crippen LogP contribution in [-0.4, -0.2) is 23.2 Å². The van der Waals surface area contributed by atoms with E-state index in [0.717, 1.165) is 40.2 Å². The minimum Gasteiger partial charge on any atom is -0.490 e. The molecule has 0 fully saturated rings. The Bertz CT molecular complexity index is 898. The van der Waals surface area contributed by atoms with Gasteiger partial charge in [-0.2, -0.15) is 0 Å². The van der Waals surface area contributed by atoms with E-state index >= 15 is 0 Å². The second-order valence-electron chi connectivity index (χ2n) is 5.76. The molecule has 3 aromatic rings. The van der Waals surface area contributed by atoms with Crippen molar-refractivity contribution < 1.29 is 9.47 Å². The van der Waals surface area contributed by atoms with Crippen molar-refractivity contribution in [3.05, 3.63) is 52.4 Å². The first-order valence-corrected chi connectivity index (χ1v) is 8.54. The molecular weight excluding hydrogens is 318 g/mol. The molecule has 0 saturated carbocycles. The van der Waals surface area contributed by atoms with Gasteiger partial charge in [0.2, 0.25) is 0 Å². The molecule has 1 aromatic heterocycles. The highest BCUT2D eigenvalue weighted by atomic mass is 16.5. The van der Waals surface area contributed by atoms with E-state index in [4.69, 9.17) is 9.47 Å². The average Bonchev–Trinajstić information content (AvgIpc) is 2.98. The van der Waals surface area contributed by atoms with Crippen LogP contribution in [0.5, 0.6) is 11.5 Å². The summed E-state index contributed by atoms with van der Waals surface area (Å²) >= 11 is 0. The maximum atomic E-state index is 11.3. The fraction of sp³-hybridized carbons (Fsp3) is 0.316. The van der Waals surface area contributed by atoms with Crippen LogP contribution in [0.4, 0.5) is 5.69 Å². The number of rotatable bonds is 8. The number of H-pyrrole nitrogens is 2. The fourth-order valence-corrected chi connectivity index (χ4v) is 2.61. The maximum absolute atomic E-state index is 11.3. The van der Waals surface area contributed by atoms with E-state index in [1.165, 1.54) is 0 Å². The standard InChI is InChI=1S/C19H23N3O3/c1-3-9-25-17-8-5-13(10-18(17)24-4-2)12-20-14-6-7-15-16(11-14)22-19(23)21-15/h5-8,10-11,20H,3-4,9,12H2,1-2H3,(H2,21,22,23). The first-order valence-electron chi connectivity index (χ1n) is 8.54. The molecule has 0 aliphatic carbocycles. The van der Waals surface area contributed by atoms with Crippen molar-refractivity contribution in [3.8, 4) is 11.5 Å². The Labute approximate surface area is 146 Å². The Morgan fingerprint density at radius 3 is 2.60 bits per heavy atom. The zero-order chi connectivity index (χ0) is 17.6. The molecule has 0 radical (unpaired) electrons. The Hall–Kier alpha value is -2.89. The minimum absolute atomic E-state index is 0.198. The van der Waals surface area contributed by atoms with Crippen LogP contribution in [0.1, 0.15) is 25.8 Å². The lowest BCUT2D eigenvalue weighted by molar-refractivity contribution is 0.276. The van der Waals surface area contributed by atoms with Crippen molar-refractivity contribution in [3.63, 3.8) is 0 Å². The number of ether oxygens (including phenoxy) is 2. The molecule has 0 amide bonds. The lowest BCUT2D eigenvalue weighted by Gasteiger charge is -2.13. The third-order valence-electron chi connectivity index (χ3n) is 3.78. The fourth-order valence-electron chi connectivity index (χ4n) is 2.61. The minimum atomic E-state index is -0.198. The quantitative estimate of drug-likeness (QED) is 0.584. The van der Waals surface area contributed by atoms with Crippen LogP contribution in [-0.2, 0) is 6.54 Å². The highest BCUT2D eigenvalue weighted by Crippen LogP contribution is 2.29. The number of imidazole rings is 1. The van der Waals surface area contributed by atoms with Crippen molar-refractivity contribution >= 4 is 16.7 Å². The van der Waals surface area contributed by atoms with Gasteiger partial charge in [-0.25, -0.2) is 4.79 Å². The lowest BCUT2D eigenvalue weighted by atomic mass is 10.2. The molecule has 6 heteroatoms. The van der Waals surface area contributed by atoms with Gasteiger partial charge in [0.25, 0.3) is 0 Å². The van der Waals surface area contributed by atoms with Crippen LogP contribution < -0.4 is 20.5 Å². The zero-order valence-electron chi connectivity index (χ0n) is 14.5. The smallest absolute Gasteiger partial charge is 0.323 e. The van der Waals surface area contributed by atoms with Crippen molar-refractivity contribution in [1.29, 1.82) is 0 Å². The molecule has 0 bridgehead atoms. The van der Waals surface area contributed by atoms with Gasteiger partial charge in [-0.1, -0.05) is 13.0 Å². The molecule has 25 heavy (non-hydrogen) atoms. The largest absolute Gasteiger partial charge is 0.490 e. The number of aromatic nitrogens is 2. The number of aromatic amines is 2. The molecule has 3 N–H and O–H groups in total. The molecule has 0 saturated heterocycles. The molecule has 3 rings (SSSR count). The first-order chi connectivity index (χ1) is 12.2. The van der Waals surface area contributed by atoms with Crippen LogP contribution in [0.25, 0.3) is 11.0 Å². The Kier molecular flexibility index (Phi) is 5.28. The van der Waals surface area contributed by atoms with Crippen molar-refractivity contribution in [2.24, 2.45) is 0 Å². The van der Waals surface area contributed by atoms with Gasteiger partial charge in [0, 0.05) is 12.2 Å². The summed E-state index contributed by atoms with van der Waals surface area (Å²) < 4.78 is 11.4. The Balaban J connectivity index is 1.72. The van der Waals surface area contributed by atoms with E-state index in [2.05, 4.69) is 22.2 Å². The maximum Gasteiger partial charge on any atom is 0.323 e. The summed E-state index contributed by atoms with van der Waals surface area (Å²) in [4.78, 5) is 16.8. The summed E-state index contributed by atoms with van der Waals surface area (Å²) in [7, 11) is 0. The van der Waals surface area contributed by atoms with Crippen molar-refractivity contribution in [1.82, 2.24) is 9.97 Å². The van der Waals surface area contributed by atoms with E-state index in [9.17, 15) is 4.79 Å². The highest BCUT2D eigenvalue weighted by Gasteiger charge is 2.07. The normalized spacial score (nSPS) is 10.8. The Morgan fingerprint density at radius 1 is 0.960 bits per heavy atom. The molecule has 132 valence electrons. The number of benzene rings is 2. The van der Waals surface area contributed by atoms with Gasteiger partial charge >= 0.3 is 5.69 Å². The molecule has 1 heterocycles. The van der Waals surface area contributed by atoms with E-state index in [1.54, 1.807) is 0 Å². The predicted octanol–water partition coefficient (Wildman–Crippen LogP) is 3.66. The van der Waals surface area contributed by atoms with Gasteiger partial charge < -0.3 is 24.8 Å². The SMILES string of the molecule is CCCOc1ccc(CNc2ccc3[nH]c(=O)[nH]c3c2)cc1OCC. The van der Waals surface area contributed by atoms with Gasteiger partial charge in [0.1, 0.15) is 0 Å². The monoisotopic (exact) mass is 341 g/mol. The predicted molar refractivity (Wildman–Crippen MR) is 99.6 cm³/mol. The van der Waals surface area contributed by atoms with Gasteiger partial charge in [-0.3, -0.25) is 0 Å². The summed E-state index contributed by atoms with van der Waals surface area (Å²) in [5, 5.41) is 3.36. The van der Waals surface area contributed by atoms with Crippen LogP contribution in [0, 0.1) is 0 Å². The molecule has 0 unspecified atom stereocenters.